The first-order chi connectivity index (χ1) is 9.06. The molecule has 19 heavy (non-hydrogen) atoms. The van der Waals surface area contributed by atoms with Gasteiger partial charge in [-0.3, -0.25) is 4.79 Å². The highest BCUT2D eigenvalue weighted by Crippen LogP contribution is 2.27. The maximum Gasteiger partial charge on any atom is 0.354 e. The van der Waals surface area contributed by atoms with Crippen molar-refractivity contribution in [2.75, 3.05) is 13.1 Å². The molecule has 0 aliphatic carbocycles. The predicted octanol–water partition coefficient (Wildman–Crippen LogP) is 1.28. The monoisotopic (exact) mass is 281 g/mol. The Morgan fingerprint density at radius 3 is 2.68 bits per heavy atom. The number of carbonyl (C=O) groups is 2. The van der Waals surface area contributed by atoms with E-state index in [0.29, 0.717) is 10.4 Å². The van der Waals surface area contributed by atoms with Crippen molar-refractivity contribution in [3.63, 3.8) is 0 Å². The standard InChI is InChI=1S/C12H15N3O3S/c1-8(16)15-6-3-9(4-7-15)19-12-13-5-2-10(14-12)11(17)18/h2,5,9H,3-4,6-7H2,1H3,(H,17,18). The molecule has 0 bridgehead atoms. The highest BCUT2D eigenvalue weighted by atomic mass is 32.2. The van der Waals surface area contributed by atoms with Crippen molar-refractivity contribution in [2.45, 2.75) is 30.2 Å². The van der Waals surface area contributed by atoms with E-state index in [9.17, 15) is 9.59 Å². The molecule has 1 amide bonds. The minimum atomic E-state index is -1.05. The number of rotatable bonds is 3. The van der Waals surface area contributed by atoms with Gasteiger partial charge in [0.2, 0.25) is 5.91 Å². The quantitative estimate of drug-likeness (QED) is 0.840. The summed E-state index contributed by atoms with van der Waals surface area (Å²) in [6.45, 7) is 3.06. The Kier molecular flexibility index (Phi) is 4.36. The van der Waals surface area contributed by atoms with Crippen molar-refractivity contribution in [3.05, 3.63) is 18.0 Å². The van der Waals surface area contributed by atoms with Crippen molar-refractivity contribution in [1.29, 1.82) is 0 Å². The predicted molar refractivity (Wildman–Crippen MR) is 70.1 cm³/mol. The Morgan fingerprint density at radius 2 is 2.11 bits per heavy atom. The summed E-state index contributed by atoms with van der Waals surface area (Å²) in [7, 11) is 0. The fourth-order valence-electron chi connectivity index (χ4n) is 1.95. The molecule has 1 aromatic rings. The fraction of sp³-hybridized carbons (Fsp3) is 0.500. The minimum absolute atomic E-state index is 0.0127. The average Bonchev–Trinajstić information content (AvgIpc) is 2.39. The first-order valence-electron chi connectivity index (χ1n) is 6.05. The van der Waals surface area contributed by atoms with Gasteiger partial charge in [0.15, 0.2) is 10.9 Å². The Balaban J connectivity index is 1.94. The largest absolute Gasteiger partial charge is 0.477 e. The molecule has 102 valence electrons. The van der Waals surface area contributed by atoms with Crippen LogP contribution >= 0.6 is 11.8 Å². The smallest absolute Gasteiger partial charge is 0.354 e. The molecule has 7 heteroatoms. The third kappa shape index (κ3) is 3.66. The van der Waals surface area contributed by atoms with Gasteiger partial charge in [0.25, 0.3) is 0 Å². The topological polar surface area (TPSA) is 83.4 Å². The number of piperidine rings is 1. The van der Waals surface area contributed by atoms with E-state index >= 15 is 0 Å². The Morgan fingerprint density at radius 1 is 1.42 bits per heavy atom. The van der Waals surface area contributed by atoms with Gasteiger partial charge in [-0.1, -0.05) is 11.8 Å². The molecular weight excluding hydrogens is 266 g/mol. The van der Waals surface area contributed by atoms with Crippen molar-refractivity contribution >= 4 is 23.6 Å². The molecule has 1 aliphatic rings. The maximum absolute atomic E-state index is 11.2. The lowest BCUT2D eigenvalue weighted by Crippen LogP contribution is -2.37. The van der Waals surface area contributed by atoms with Crippen LogP contribution in [-0.4, -0.2) is 50.2 Å². The second-order valence-electron chi connectivity index (χ2n) is 4.35. The van der Waals surface area contributed by atoms with Gasteiger partial charge in [-0.15, -0.1) is 0 Å². The van der Waals surface area contributed by atoms with Gasteiger partial charge in [0.1, 0.15) is 0 Å². The Hall–Kier alpha value is -1.63. The van der Waals surface area contributed by atoms with Gasteiger partial charge in [0.05, 0.1) is 0 Å². The molecule has 1 fully saturated rings. The average molecular weight is 281 g/mol. The number of amides is 1. The van der Waals surface area contributed by atoms with E-state index in [0.717, 1.165) is 25.9 Å². The van der Waals surface area contributed by atoms with Crippen LogP contribution in [-0.2, 0) is 4.79 Å². The molecule has 0 saturated carbocycles. The van der Waals surface area contributed by atoms with Crippen molar-refractivity contribution in [3.8, 4) is 0 Å². The minimum Gasteiger partial charge on any atom is -0.477 e. The maximum atomic E-state index is 11.2. The molecule has 0 radical (unpaired) electrons. The molecule has 1 aliphatic heterocycles. The second kappa shape index (κ2) is 6.01. The van der Waals surface area contributed by atoms with Crippen LogP contribution in [0.15, 0.2) is 17.4 Å². The van der Waals surface area contributed by atoms with Gasteiger partial charge >= 0.3 is 5.97 Å². The highest BCUT2D eigenvalue weighted by Gasteiger charge is 2.22. The van der Waals surface area contributed by atoms with Gasteiger partial charge in [-0.05, 0) is 18.9 Å². The number of thioether (sulfide) groups is 1. The van der Waals surface area contributed by atoms with Crippen molar-refractivity contribution < 1.29 is 14.7 Å². The van der Waals surface area contributed by atoms with E-state index in [-0.39, 0.29) is 11.6 Å². The van der Waals surface area contributed by atoms with Gasteiger partial charge in [0, 0.05) is 31.5 Å². The van der Waals surface area contributed by atoms with E-state index in [2.05, 4.69) is 9.97 Å². The SMILES string of the molecule is CC(=O)N1CCC(Sc2nccc(C(=O)O)n2)CC1. The molecule has 1 saturated heterocycles. The lowest BCUT2D eigenvalue weighted by atomic mass is 10.1. The summed E-state index contributed by atoms with van der Waals surface area (Å²) in [5.74, 6) is -0.941. The summed E-state index contributed by atoms with van der Waals surface area (Å²) < 4.78 is 0. The number of nitrogens with zero attached hydrogens (tertiary/aromatic N) is 3. The summed E-state index contributed by atoms with van der Waals surface area (Å²) in [5, 5.41) is 9.69. The second-order valence-corrected chi connectivity index (χ2v) is 5.62. The van der Waals surface area contributed by atoms with Crippen LogP contribution < -0.4 is 0 Å². The van der Waals surface area contributed by atoms with E-state index in [1.807, 2.05) is 4.90 Å². The molecule has 6 nitrogen and oxygen atoms in total. The molecule has 1 N–H and O–H groups in total. The lowest BCUT2D eigenvalue weighted by molar-refractivity contribution is -0.129. The fourth-order valence-corrected chi connectivity index (χ4v) is 2.97. The first kappa shape index (κ1) is 13.8. The molecule has 0 atom stereocenters. The number of likely N-dealkylation sites (tertiary alicyclic amines) is 1. The zero-order chi connectivity index (χ0) is 13.8. The highest BCUT2D eigenvalue weighted by molar-refractivity contribution is 7.99. The van der Waals surface area contributed by atoms with Crippen LogP contribution in [0.3, 0.4) is 0 Å². The Bertz CT molecular complexity index is 487. The first-order valence-corrected chi connectivity index (χ1v) is 6.92. The van der Waals surface area contributed by atoms with Crippen LogP contribution in [0, 0.1) is 0 Å². The number of hydrogen-bond acceptors (Lipinski definition) is 5. The molecule has 0 spiro atoms. The van der Waals surface area contributed by atoms with E-state index in [4.69, 9.17) is 5.11 Å². The van der Waals surface area contributed by atoms with Gasteiger partial charge < -0.3 is 10.0 Å². The third-order valence-corrected chi connectivity index (χ3v) is 4.22. The van der Waals surface area contributed by atoms with Crippen LogP contribution in [0.4, 0.5) is 0 Å². The molecular formula is C12H15N3O3S. The van der Waals surface area contributed by atoms with Crippen LogP contribution in [0.1, 0.15) is 30.3 Å². The summed E-state index contributed by atoms with van der Waals surface area (Å²) in [6, 6.07) is 1.38. The molecule has 2 heterocycles. The normalized spacial score (nSPS) is 16.4. The van der Waals surface area contributed by atoms with E-state index < -0.39 is 5.97 Å². The van der Waals surface area contributed by atoms with Crippen molar-refractivity contribution in [2.24, 2.45) is 0 Å². The zero-order valence-corrected chi connectivity index (χ0v) is 11.4. The molecule has 1 aromatic heterocycles. The summed E-state index contributed by atoms with van der Waals surface area (Å²) in [6.07, 6.45) is 3.22. The van der Waals surface area contributed by atoms with E-state index in [1.54, 1.807) is 6.92 Å². The number of carboxylic acid groups (broad SMARTS) is 1. The Labute approximate surface area is 115 Å². The molecule has 0 aromatic carbocycles. The number of carbonyl (C=O) groups excluding carboxylic acids is 1. The van der Waals surface area contributed by atoms with Gasteiger partial charge in [-0.2, -0.15) is 0 Å². The number of hydrogen-bond donors (Lipinski definition) is 1. The van der Waals surface area contributed by atoms with Crippen molar-refractivity contribution in [1.82, 2.24) is 14.9 Å². The lowest BCUT2D eigenvalue weighted by Gasteiger charge is -2.30. The summed E-state index contributed by atoms with van der Waals surface area (Å²) in [5.41, 5.74) is 0.0127. The summed E-state index contributed by atoms with van der Waals surface area (Å²) >= 11 is 1.49. The molecule has 0 unspecified atom stereocenters. The van der Waals surface area contributed by atoms with Crippen LogP contribution in [0.25, 0.3) is 0 Å². The van der Waals surface area contributed by atoms with E-state index in [1.165, 1.54) is 24.0 Å². The summed E-state index contributed by atoms with van der Waals surface area (Å²) in [4.78, 5) is 31.9. The number of aromatic nitrogens is 2. The zero-order valence-electron chi connectivity index (χ0n) is 10.6. The van der Waals surface area contributed by atoms with Crippen LogP contribution in [0.5, 0.6) is 0 Å². The van der Waals surface area contributed by atoms with Crippen LogP contribution in [0.2, 0.25) is 0 Å². The third-order valence-electron chi connectivity index (χ3n) is 3.01. The molecule has 2 rings (SSSR count). The number of carboxylic acids is 1. The number of aromatic carboxylic acids is 1. The van der Waals surface area contributed by atoms with Gasteiger partial charge in [-0.25, -0.2) is 14.8 Å².